The Kier molecular flexibility index (Phi) is 3.33. The number of nitrogens with one attached hydrogen (secondary N) is 1. The van der Waals surface area contributed by atoms with Crippen molar-refractivity contribution < 1.29 is 0 Å². The van der Waals surface area contributed by atoms with Crippen molar-refractivity contribution >= 4 is 0 Å². The van der Waals surface area contributed by atoms with Crippen LogP contribution in [0.3, 0.4) is 0 Å². The topological polar surface area (TPSA) is 24.9 Å². The Balaban J connectivity index is 1.49. The predicted octanol–water partition coefficient (Wildman–Crippen LogP) is 4.34. The molecule has 0 spiro atoms. The second-order valence-electron chi connectivity index (χ2n) is 8.17. The first kappa shape index (κ1) is 13.8. The molecule has 1 N–H and O–H groups in total. The summed E-state index contributed by atoms with van der Waals surface area (Å²) in [6, 6.07) is 5.35. The molecule has 4 bridgehead atoms. The van der Waals surface area contributed by atoms with Crippen molar-refractivity contribution in [2.45, 2.75) is 64.5 Å². The summed E-state index contributed by atoms with van der Waals surface area (Å²) < 4.78 is 0. The SMILES string of the molecule is CC(N[C@@H](C)c1ccncc1)C12CC3CC(CC(C3)C1)C2. The van der Waals surface area contributed by atoms with Gasteiger partial charge in [0.2, 0.25) is 0 Å². The molecule has 1 unspecified atom stereocenters. The summed E-state index contributed by atoms with van der Waals surface area (Å²) in [4.78, 5) is 4.13. The van der Waals surface area contributed by atoms with Crippen LogP contribution in [0.5, 0.6) is 0 Å². The minimum absolute atomic E-state index is 0.427. The molecule has 4 aliphatic rings. The van der Waals surface area contributed by atoms with Gasteiger partial charge in [-0.2, -0.15) is 0 Å². The van der Waals surface area contributed by atoms with E-state index in [4.69, 9.17) is 0 Å². The van der Waals surface area contributed by atoms with Crippen molar-refractivity contribution in [2.24, 2.45) is 23.2 Å². The average molecular weight is 284 g/mol. The van der Waals surface area contributed by atoms with Gasteiger partial charge in [-0.25, -0.2) is 0 Å². The molecule has 114 valence electrons. The lowest BCUT2D eigenvalue weighted by Crippen LogP contribution is -2.55. The molecule has 4 aliphatic carbocycles. The van der Waals surface area contributed by atoms with E-state index in [0.717, 1.165) is 17.8 Å². The summed E-state index contributed by atoms with van der Waals surface area (Å²) in [7, 11) is 0. The lowest BCUT2D eigenvalue weighted by atomic mass is 9.48. The Labute approximate surface area is 128 Å². The third kappa shape index (κ3) is 2.42. The van der Waals surface area contributed by atoms with Crippen molar-refractivity contribution in [3.8, 4) is 0 Å². The quantitative estimate of drug-likeness (QED) is 0.889. The fourth-order valence-corrected chi connectivity index (χ4v) is 6.01. The number of nitrogens with zero attached hydrogens (tertiary/aromatic N) is 1. The van der Waals surface area contributed by atoms with Gasteiger partial charge in [-0.1, -0.05) is 0 Å². The van der Waals surface area contributed by atoms with Crippen LogP contribution >= 0.6 is 0 Å². The first-order valence-electron chi connectivity index (χ1n) is 8.80. The van der Waals surface area contributed by atoms with E-state index in [2.05, 4.69) is 36.3 Å². The number of aromatic nitrogens is 1. The molecule has 2 atom stereocenters. The van der Waals surface area contributed by atoms with Gasteiger partial charge in [-0.15, -0.1) is 0 Å². The van der Waals surface area contributed by atoms with E-state index < -0.39 is 0 Å². The van der Waals surface area contributed by atoms with E-state index in [-0.39, 0.29) is 0 Å². The smallest absolute Gasteiger partial charge is 0.0295 e. The van der Waals surface area contributed by atoms with Gasteiger partial charge >= 0.3 is 0 Å². The fraction of sp³-hybridized carbons (Fsp3) is 0.737. The molecule has 4 saturated carbocycles. The molecular formula is C19H28N2. The molecule has 4 fully saturated rings. The third-order valence-corrected chi connectivity index (χ3v) is 6.71. The Hall–Kier alpha value is -0.890. The van der Waals surface area contributed by atoms with Crippen molar-refractivity contribution in [2.75, 3.05) is 0 Å². The maximum absolute atomic E-state index is 4.13. The van der Waals surface area contributed by atoms with Gasteiger partial charge < -0.3 is 5.32 Å². The zero-order valence-electron chi connectivity index (χ0n) is 13.4. The van der Waals surface area contributed by atoms with Gasteiger partial charge in [0.05, 0.1) is 0 Å². The maximum atomic E-state index is 4.13. The zero-order chi connectivity index (χ0) is 14.4. The second-order valence-corrected chi connectivity index (χ2v) is 8.17. The van der Waals surface area contributed by atoms with Crippen LogP contribution in [0.2, 0.25) is 0 Å². The highest BCUT2D eigenvalue weighted by molar-refractivity contribution is 5.15. The van der Waals surface area contributed by atoms with E-state index >= 15 is 0 Å². The van der Waals surface area contributed by atoms with E-state index in [0.29, 0.717) is 17.5 Å². The standard InChI is InChI=1S/C19H28N2/c1-13(18-3-5-20-6-4-18)21-14(2)19-10-15-7-16(11-19)9-17(8-15)12-19/h3-6,13-17,21H,7-12H2,1-2H3/t13-,14?,15?,16?,17?,19?/m0/s1. The van der Waals surface area contributed by atoms with Gasteiger partial charge in [0.1, 0.15) is 0 Å². The van der Waals surface area contributed by atoms with Gasteiger partial charge in [0.25, 0.3) is 0 Å². The van der Waals surface area contributed by atoms with E-state index in [1.807, 2.05) is 12.4 Å². The van der Waals surface area contributed by atoms with Crippen LogP contribution in [0.25, 0.3) is 0 Å². The normalized spacial score (nSPS) is 40.2. The Morgan fingerprint density at radius 2 is 1.52 bits per heavy atom. The van der Waals surface area contributed by atoms with Crippen LogP contribution in [0.15, 0.2) is 24.5 Å². The van der Waals surface area contributed by atoms with E-state index in [9.17, 15) is 0 Å². The summed E-state index contributed by atoms with van der Waals surface area (Å²) in [6.45, 7) is 4.75. The Morgan fingerprint density at radius 1 is 1.00 bits per heavy atom. The monoisotopic (exact) mass is 284 g/mol. The van der Waals surface area contributed by atoms with Crippen LogP contribution in [-0.2, 0) is 0 Å². The van der Waals surface area contributed by atoms with E-state index in [1.54, 1.807) is 0 Å². The highest BCUT2D eigenvalue weighted by Gasteiger charge is 2.53. The molecule has 1 aromatic rings. The van der Waals surface area contributed by atoms with Gasteiger partial charge in [0.15, 0.2) is 0 Å². The van der Waals surface area contributed by atoms with Crippen molar-refractivity contribution in [3.63, 3.8) is 0 Å². The molecule has 0 saturated heterocycles. The second kappa shape index (κ2) is 5.08. The highest BCUT2D eigenvalue weighted by atomic mass is 15.0. The van der Waals surface area contributed by atoms with Crippen molar-refractivity contribution in [3.05, 3.63) is 30.1 Å². The molecule has 0 amide bonds. The summed E-state index contributed by atoms with van der Waals surface area (Å²) in [5, 5.41) is 3.93. The third-order valence-electron chi connectivity index (χ3n) is 6.71. The van der Waals surface area contributed by atoms with E-state index in [1.165, 1.54) is 44.1 Å². The number of rotatable bonds is 4. The van der Waals surface area contributed by atoms with Crippen LogP contribution in [0.4, 0.5) is 0 Å². The maximum Gasteiger partial charge on any atom is 0.0295 e. The van der Waals surface area contributed by atoms with Crippen LogP contribution in [0.1, 0.15) is 64.0 Å². The summed E-state index contributed by atoms with van der Waals surface area (Å²) in [5.74, 6) is 3.12. The fourth-order valence-electron chi connectivity index (χ4n) is 6.01. The van der Waals surface area contributed by atoms with Gasteiger partial charge in [-0.05, 0) is 93.2 Å². The highest BCUT2D eigenvalue weighted by Crippen LogP contribution is 2.61. The minimum Gasteiger partial charge on any atom is -0.307 e. The van der Waals surface area contributed by atoms with Crippen LogP contribution in [-0.4, -0.2) is 11.0 Å². The first-order chi connectivity index (χ1) is 10.1. The predicted molar refractivity (Wildman–Crippen MR) is 85.9 cm³/mol. The van der Waals surface area contributed by atoms with Crippen molar-refractivity contribution in [1.82, 2.24) is 10.3 Å². The molecule has 0 aromatic carbocycles. The zero-order valence-corrected chi connectivity index (χ0v) is 13.4. The Bertz CT molecular complexity index is 460. The van der Waals surface area contributed by atoms with Crippen molar-refractivity contribution in [1.29, 1.82) is 0 Å². The number of hydrogen-bond donors (Lipinski definition) is 1. The largest absolute Gasteiger partial charge is 0.307 e. The molecule has 1 heterocycles. The van der Waals surface area contributed by atoms with Gasteiger partial charge in [0, 0.05) is 24.5 Å². The lowest BCUT2D eigenvalue weighted by Gasteiger charge is -2.59. The summed E-state index contributed by atoms with van der Waals surface area (Å²) in [5.41, 5.74) is 1.96. The van der Waals surface area contributed by atoms with Crippen LogP contribution in [0, 0.1) is 23.2 Å². The summed E-state index contributed by atoms with van der Waals surface area (Å²) >= 11 is 0. The molecule has 5 rings (SSSR count). The molecule has 1 aromatic heterocycles. The molecule has 2 heteroatoms. The number of pyridine rings is 1. The Morgan fingerprint density at radius 3 is 2.05 bits per heavy atom. The minimum atomic E-state index is 0.427. The first-order valence-corrected chi connectivity index (χ1v) is 8.80. The molecule has 21 heavy (non-hydrogen) atoms. The molecular weight excluding hydrogens is 256 g/mol. The average Bonchev–Trinajstić information content (AvgIpc) is 2.46. The molecule has 2 nitrogen and oxygen atoms in total. The lowest BCUT2D eigenvalue weighted by molar-refractivity contribution is -0.0719. The molecule has 0 aliphatic heterocycles. The molecule has 0 radical (unpaired) electrons. The van der Waals surface area contributed by atoms with Crippen LogP contribution < -0.4 is 5.32 Å². The van der Waals surface area contributed by atoms with Gasteiger partial charge in [-0.3, -0.25) is 4.98 Å². The number of hydrogen-bond acceptors (Lipinski definition) is 2. The summed E-state index contributed by atoms with van der Waals surface area (Å²) in [6.07, 6.45) is 12.9.